The highest BCUT2D eigenvalue weighted by Gasteiger charge is 2.34. The number of ether oxygens (including phenoxy) is 1. The average molecular weight is 278 g/mol. The molecule has 1 fully saturated rings. The van der Waals surface area contributed by atoms with Crippen LogP contribution in [-0.2, 0) is 17.6 Å². The zero-order chi connectivity index (χ0) is 13.2. The van der Waals surface area contributed by atoms with Crippen molar-refractivity contribution in [3.8, 4) is 0 Å². The van der Waals surface area contributed by atoms with Gasteiger partial charge in [0.2, 0.25) is 0 Å². The molecule has 2 aliphatic rings. The van der Waals surface area contributed by atoms with E-state index in [4.69, 9.17) is 17.0 Å². The number of rotatable bonds is 4. The molecule has 1 saturated carbocycles. The van der Waals surface area contributed by atoms with Gasteiger partial charge in [-0.2, -0.15) is 0 Å². The Morgan fingerprint density at radius 2 is 2.11 bits per heavy atom. The summed E-state index contributed by atoms with van der Waals surface area (Å²) in [5.74, 6) is 1.61. The molecule has 1 aromatic heterocycles. The summed E-state index contributed by atoms with van der Waals surface area (Å²) in [5, 5.41) is 0. The van der Waals surface area contributed by atoms with E-state index in [1.54, 1.807) is 0 Å². The van der Waals surface area contributed by atoms with Gasteiger partial charge in [0, 0.05) is 17.9 Å². The van der Waals surface area contributed by atoms with Crippen LogP contribution in [0.4, 0.5) is 0 Å². The summed E-state index contributed by atoms with van der Waals surface area (Å²) < 4.78 is 6.69. The lowest BCUT2D eigenvalue weighted by Gasteiger charge is -2.18. The summed E-state index contributed by atoms with van der Waals surface area (Å²) in [6.07, 6.45) is 8.62. The van der Waals surface area contributed by atoms with Crippen LogP contribution in [-0.4, -0.2) is 16.6 Å². The standard InChI is InChI=1S/C15H22N2OS/c1-2-18-13(10-8-9-10)14-16-12-7-5-3-4-6-11(12)15(19)17-14/h10,13H,2-9H2,1H3,(H,16,17,19). The van der Waals surface area contributed by atoms with Crippen molar-refractivity contribution >= 4 is 12.2 Å². The first-order valence-corrected chi connectivity index (χ1v) is 7.94. The zero-order valence-electron chi connectivity index (χ0n) is 11.6. The van der Waals surface area contributed by atoms with Gasteiger partial charge in [0.05, 0.1) is 0 Å². The van der Waals surface area contributed by atoms with Crippen molar-refractivity contribution < 1.29 is 4.74 Å². The van der Waals surface area contributed by atoms with Gasteiger partial charge in [0.1, 0.15) is 16.6 Å². The molecule has 0 amide bonds. The zero-order valence-corrected chi connectivity index (χ0v) is 12.4. The quantitative estimate of drug-likeness (QED) is 0.670. The molecule has 2 aliphatic carbocycles. The Bertz CT molecular complexity index is 507. The third-order valence-corrected chi connectivity index (χ3v) is 4.48. The molecular weight excluding hydrogens is 256 g/mol. The fraction of sp³-hybridized carbons (Fsp3) is 0.733. The molecule has 1 N–H and O–H groups in total. The van der Waals surface area contributed by atoms with Crippen molar-refractivity contribution in [1.82, 2.24) is 9.97 Å². The number of aryl methyl sites for hydroxylation is 1. The van der Waals surface area contributed by atoms with Crippen molar-refractivity contribution in [1.29, 1.82) is 0 Å². The second kappa shape index (κ2) is 5.71. The number of hydrogen-bond acceptors (Lipinski definition) is 3. The number of nitrogens with zero attached hydrogens (tertiary/aromatic N) is 1. The Morgan fingerprint density at radius 3 is 2.84 bits per heavy atom. The molecule has 104 valence electrons. The predicted octanol–water partition coefficient (Wildman–Crippen LogP) is 3.90. The van der Waals surface area contributed by atoms with Crippen molar-refractivity contribution in [2.45, 2.75) is 58.0 Å². The molecule has 1 atom stereocenters. The summed E-state index contributed by atoms with van der Waals surface area (Å²) in [7, 11) is 0. The molecule has 0 bridgehead atoms. The van der Waals surface area contributed by atoms with Crippen molar-refractivity contribution in [3.63, 3.8) is 0 Å². The fourth-order valence-corrected chi connectivity index (χ4v) is 3.29. The van der Waals surface area contributed by atoms with Crippen LogP contribution in [0.3, 0.4) is 0 Å². The molecule has 1 unspecified atom stereocenters. The van der Waals surface area contributed by atoms with E-state index in [1.165, 1.54) is 43.4 Å². The van der Waals surface area contributed by atoms with Gasteiger partial charge < -0.3 is 9.72 Å². The molecule has 0 aromatic carbocycles. The van der Waals surface area contributed by atoms with Gasteiger partial charge in [-0.25, -0.2) is 4.98 Å². The summed E-state index contributed by atoms with van der Waals surface area (Å²) in [4.78, 5) is 8.19. The monoisotopic (exact) mass is 278 g/mol. The number of aromatic amines is 1. The van der Waals surface area contributed by atoms with E-state index in [-0.39, 0.29) is 6.10 Å². The number of hydrogen-bond donors (Lipinski definition) is 1. The Hall–Kier alpha value is -0.740. The van der Waals surface area contributed by atoms with Crippen LogP contribution in [0, 0.1) is 10.6 Å². The molecule has 0 radical (unpaired) electrons. The highest BCUT2D eigenvalue weighted by Crippen LogP contribution is 2.42. The molecule has 0 saturated heterocycles. The molecule has 19 heavy (non-hydrogen) atoms. The van der Waals surface area contributed by atoms with Crippen LogP contribution in [0.1, 0.15) is 62.2 Å². The van der Waals surface area contributed by atoms with Crippen LogP contribution in [0.15, 0.2) is 0 Å². The largest absolute Gasteiger partial charge is 0.370 e. The lowest BCUT2D eigenvalue weighted by Crippen LogP contribution is -2.14. The number of nitrogens with one attached hydrogen (secondary N) is 1. The topological polar surface area (TPSA) is 37.9 Å². The van der Waals surface area contributed by atoms with Gasteiger partial charge in [-0.1, -0.05) is 18.6 Å². The lowest BCUT2D eigenvalue weighted by molar-refractivity contribution is 0.0397. The summed E-state index contributed by atoms with van der Waals surface area (Å²) in [6.45, 7) is 2.79. The van der Waals surface area contributed by atoms with Crippen molar-refractivity contribution in [2.24, 2.45) is 5.92 Å². The van der Waals surface area contributed by atoms with Gasteiger partial charge in [0.15, 0.2) is 0 Å². The fourth-order valence-electron chi connectivity index (χ4n) is 2.97. The van der Waals surface area contributed by atoms with Gasteiger partial charge in [0.25, 0.3) is 0 Å². The number of fused-ring (bicyclic) bond motifs is 1. The minimum absolute atomic E-state index is 0.125. The van der Waals surface area contributed by atoms with E-state index >= 15 is 0 Å². The van der Waals surface area contributed by atoms with E-state index in [2.05, 4.69) is 9.97 Å². The third kappa shape index (κ3) is 2.90. The maximum absolute atomic E-state index is 5.89. The normalized spacial score (nSPS) is 20.7. The van der Waals surface area contributed by atoms with Gasteiger partial charge >= 0.3 is 0 Å². The van der Waals surface area contributed by atoms with E-state index < -0.39 is 0 Å². The first-order chi connectivity index (χ1) is 9.29. The third-order valence-electron chi connectivity index (χ3n) is 4.14. The predicted molar refractivity (Wildman–Crippen MR) is 77.8 cm³/mol. The molecule has 0 aliphatic heterocycles. The number of H-pyrrole nitrogens is 1. The molecule has 1 heterocycles. The average Bonchev–Trinajstić information content (AvgIpc) is 3.22. The first-order valence-electron chi connectivity index (χ1n) is 7.53. The van der Waals surface area contributed by atoms with E-state index in [9.17, 15) is 0 Å². The second-order valence-corrected chi connectivity index (χ2v) is 6.05. The molecule has 3 rings (SSSR count). The summed E-state index contributed by atoms with van der Waals surface area (Å²) >= 11 is 5.51. The van der Waals surface area contributed by atoms with Crippen LogP contribution >= 0.6 is 12.2 Å². The Balaban J connectivity index is 1.95. The highest BCUT2D eigenvalue weighted by atomic mass is 32.1. The minimum atomic E-state index is 0.125. The molecule has 3 nitrogen and oxygen atoms in total. The maximum atomic E-state index is 5.89. The van der Waals surface area contributed by atoms with Crippen molar-refractivity contribution in [3.05, 3.63) is 21.7 Å². The molecular formula is C15H22N2OS. The SMILES string of the molecule is CCOC(c1nc(=S)c2c([nH]1)CCCCC2)C1CC1. The first kappa shape index (κ1) is 13.3. The Morgan fingerprint density at radius 1 is 1.32 bits per heavy atom. The Labute approximate surface area is 119 Å². The van der Waals surface area contributed by atoms with E-state index in [1.807, 2.05) is 6.92 Å². The van der Waals surface area contributed by atoms with Crippen LogP contribution in [0.5, 0.6) is 0 Å². The second-order valence-electron chi connectivity index (χ2n) is 5.66. The van der Waals surface area contributed by atoms with Crippen LogP contribution in [0.25, 0.3) is 0 Å². The summed E-state index contributed by atoms with van der Waals surface area (Å²) in [5.41, 5.74) is 2.60. The minimum Gasteiger partial charge on any atom is -0.370 e. The molecule has 4 heteroatoms. The van der Waals surface area contributed by atoms with E-state index in [0.29, 0.717) is 5.92 Å². The van der Waals surface area contributed by atoms with Gasteiger partial charge in [-0.3, -0.25) is 0 Å². The van der Waals surface area contributed by atoms with Gasteiger partial charge in [-0.15, -0.1) is 0 Å². The smallest absolute Gasteiger partial charge is 0.137 e. The summed E-state index contributed by atoms with van der Waals surface area (Å²) in [6, 6.07) is 0. The molecule has 1 aromatic rings. The van der Waals surface area contributed by atoms with Gasteiger partial charge in [-0.05, 0) is 51.4 Å². The highest BCUT2D eigenvalue weighted by molar-refractivity contribution is 7.71. The van der Waals surface area contributed by atoms with Crippen LogP contribution < -0.4 is 0 Å². The van der Waals surface area contributed by atoms with E-state index in [0.717, 1.165) is 29.9 Å². The lowest BCUT2D eigenvalue weighted by atomic mass is 10.1. The van der Waals surface area contributed by atoms with Crippen molar-refractivity contribution in [2.75, 3.05) is 6.61 Å². The van der Waals surface area contributed by atoms with Crippen LogP contribution in [0.2, 0.25) is 0 Å². The Kier molecular flexibility index (Phi) is 3.99. The molecule has 0 spiro atoms. The maximum Gasteiger partial charge on any atom is 0.137 e. The number of aromatic nitrogens is 2.